The zero-order valence-electron chi connectivity index (χ0n) is 22.7. The summed E-state index contributed by atoms with van der Waals surface area (Å²) in [5.41, 5.74) is 9.71. The van der Waals surface area contributed by atoms with Gasteiger partial charge in [0.15, 0.2) is 5.78 Å². The molecule has 4 rings (SSSR count). The van der Waals surface area contributed by atoms with Crippen LogP contribution in [-0.4, -0.2) is 69.6 Å². The topological polar surface area (TPSA) is 87.9 Å². The summed E-state index contributed by atoms with van der Waals surface area (Å²) >= 11 is 12.3. The lowest BCUT2D eigenvalue weighted by molar-refractivity contribution is -0.117. The number of primary amides is 1. The number of methoxy groups -OCH3 is 1. The van der Waals surface area contributed by atoms with Gasteiger partial charge in [0.05, 0.1) is 29.7 Å². The summed E-state index contributed by atoms with van der Waals surface area (Å²) in [4.78, 5) is 29.5. The summed E-state index contributed by atoms with van der Waals surface area (Å²) in [6, 6.07) is 20.8. The smallest absolute Gasteiger partial charge is 0.249 e. The molecule has 1 amide bonds. The Balaban J connectivity index is 1.47. The molecule has 1 heterocycles. The van der Waals surface area contributed by atoms with Crippen LogP contribution in [0.5, 0.6) is 0 Å². The minimum atomic E-state index is -0.452. The van der Waals surface area contributed by atoms with Crippen LogP contribution in [0.3, 0.4) is 0 Å². The summed E-state index contributed by atoms with van der Waals surface area (Å²) in [6.45, 7) is 4.37. The van der Waals surface area contributed by atoms with Crippen LogP contribution >= 0.6 is 23.2 Å². The maximum Gasteiger partial charge on any atom is 0.249 e. The monoisotopic (exact) mass is 582 g/mol. The van der Waals surface area contributed by atoms with Crippen LogP contribution in [0, 0.1) is 0 Å². The number of halogens is 2. The van der Waals surface area contributed by atoms with E-state index < -0.39 is 5.91 Å². The SMILES string of the molecule is COCCN(CC(=O)CNC(CN1CCCC1)c1ccc(-c2ccccc2C(N)=O)cc1)c1ccc(Cl)c(Cl)c1. The van der Waals surface area contributed by atoms with E-state index in [9.17, 15) is 9.59 Å². The van der Waals surface area contributed by atoms with Crippen LogP contribution < -0.4 is 16.0 Å². The molecule has 1 aliphatic heterocycles. The van der Waals surface area contributed by atoms with Crippen molar-refractivity contribution in [1.82, 2.24) is 10.2 Å². The fraction of sp³-hybridized carbons (Fsp3) is 0.355. The van der Waals surface area contributed by atoms with Crippen molar-refractivity contribution in [3.63, 3.8) is 0 Å². The van der Waals surface area contributed by atoms with Crippen LogP contribution in [0.4, 0.5) is 5.69 Å². The Labute approximate surface area is 246 Å². The Hall–Kier alpha value is -2.94. The number of likely N-dealkylation sites (tertiary alicyclic amines) is 1. The minimum Gasteiger partial charge on any atom is -0.383 e. The van der Waals surface area contributed by atoms with Crippen LogP contribution in [0.25, 0.3) is 11.1 Å². The standard InChI is InChI=1S/C31H36Cl2N4O3/c1-40-17-16-37(24-12-13-28(32)29(33)18-24)20-25(38)19-35-30(21-36-14-4-5-15-36)23-10-8-22(9-11-23)26-6-2-3-7-27(26)31(34)39/h2-3,6-13,18,30,35H,4-5,14-17,19-21H2,1H3,(H2,34,39). The number of Topliss-reactive ketones (excluding diaryl/α,β-unsaturated/α-hetero) is 1. The van der Waals surface area contributed by atoms with Crippen LogP contribution in [0.15, 0.2) is 66.7 Å². The van der Waals surface area contributed by atoms with Crippen molar-refractivity contribution in [2.45, 2.75) is 18.9 Å². The number of nitrogens with one attached hydrogen (secondary N) is 1. The maximum atomic E-state index is 13.2. The molecule has 0 aliphatic carbocycles. The van der Waals surface area contributed by atoms with Gasteiger partial charge < -0.3 is 25.6 Å². The lowest BCUT2D eigenvalue weighted by Crippen LogP contribution is -2.40. The molecule has 1 aliphatic rings. The van der Waals surface area contributed by atoms with E-state index in [1.807, 2.05) is 41.3 Å². The quantitative estimate of drug-likeness (QED) is 0.271. The molecule has 3 aromatic carbocycles. The molecule has 0 saturated carbocycles. The molecule has 0 spiro atoms. The minimum absolute atomic E-state index is 0.0279. The Morgan fingerprint density at radius 3 is 2.42 bits per heavy atom. The summed E-state index contributed by atoms with van der Waals surface area (Å²) < 4.78 is 5.26. The lowest BCUT2D eigenvalue weighted by Gasteiger charge is -2.27. The fourth-order valence-corrected chi connectivity index (χ4v) is 5.34. The highest BCUT2D eigenvalue weighted by Gasteiger charge is 2.21. The number of benzene rings is 3. The third-order valence-electron chi connectivity index (χ3n) is 7.20. The summed E-state index contributed by atoms with van der Waals surface area (Å²) in [5, 5.41) is 4.43. The molecule has 3 N–H and O–H groups in total. The number of rotatable bonds is 14. The summed E-state index contributed by atoms with van der Waals surface area (Å²) in [5.74, 6) is -0.396. The van der Waals surface area contributed by atoms with E-state index >= 15 is 0 Å². The van der Waals surface area contributed by atoms with Gasteiger partial charge in [-0.15, -0.1) is 0 Å². The Morgan fingerprint density at radius 1 is 1.02 bits per heavy atom. The summed E-state index contributed by atoms with van der Waals surface area (Å²) in [6.07, 6.45) is 2.37. The normalized spacial score (nSPS) is 14.3. The molecule has 0 radical (unpaired) electrons. The molecule has 9 heteroatoms. The first-order valence-corrected chi connectivity index (χ1v) is 14.3. The molecule has 1 saturated heterocycles. The highest BCUT2D eigenvalue weighted by Crippen LogP contribution is 2.28. The molecule has 3 aromatic rings. The van der Waals surface area contributed by atoms with Gasteiger partial charge in [0.2, 0.25) is 5.91 Å². The van der Waals surface area contributed by atoms with Crippen molar-refractivity contribution in [1.29, 1.82) is 0 Å². The summed E-state index contributed by atoms with van der Waals surface area (Å²) in [7, 11) is 1.64. The largest absolute Gasteiger partial charge is 0.383 e. The van der Waals surface area contributed by atoms with Gasteiger partial charge in [-0.05, 0) is 66.9 Å². The molecular weight excluding hydrogens is 547 g/mol. The van der Waals surface area contributed by atoms with Crippen molar-refractivity contribution < 1.29 is 14.3 Å². The van der Waals surface area contributed by atoms with E-state index in [0.717, 1.165) is 42.0 Å². The van der Waals surface area contributed by atoms with Gasteiger partial charge in [-0.2, -0.15) is 0 Å². The van der Waals surface area contributed by atoms with Crippen molar-refractivity contribution >= 4 is 40.6 Å². The molecule has 1 atom stereocenters. The van der Waals surface area contributed by atoms with Crippen molar-refractivity contribution in [2.75, 3.05) is 57.9 Å². The number of carbonyl (C=O) groups excluding carboxylic acids is 2. The highest BCUT2D eigenvalue weighted by atomic mass is 35.5. The van der Waals surface area contributed by atoms with Crippen LogP contribution in [0.2, 0.25) is 10.0 Å². The van der Waals surface area contributed by atoms with Gasteiger partial charge in [-0.25, -0.2) is 0 Å². The number of carbonyl (C=O) groups is 2. The number of ketones is 1. The highest BCUT2D eigenvalue weighted by molar-refractivity contribution is 6.42. The Bertz CT molecular complexity index is 1300. The Morgan fingerprint density at radius 2 is 1.75 bits per heavy atom. The van der Waals surface area contributed by atoms with Crippen molar-refractivity contribution in [3.05, 3.63) is 87.9 Å². The third-order valence-corrected chi connectivity index (χ3v) is 7.94. The maximum absolute atomic E-state index is 13.2. The molecule has 0 bridgehead atoms. The number of hydrogen-bond acceptors (Lipinski definition) is 6. The fourth-order valence-electron chi connectivity index (χ4n) is 5.04. The second-order valence-corrected chi connectivity index (χ2v) is 10.8. The van der Waals surface area contributed by atoms with Crippen LogP contribution in [0.1, 0.15) is 34.8 Å². The first-order chi connectivity index (χ1) is 19.4. The van der Waals surface area contributed by atoms with Gasteiger partial charge in [-0.3, -0.25) is 9.59 Å². The molecule has 40 heavy (non-hydrogen) atoms. The van der Waals surface area contributed by atoms with Crippen LogP contribution in [-0.2, 0) is 9.53 Å². The van der Waals surface area contributed by atoms with E-state index in [2.05, 4.69) is 22.3 Å². The molecule has 212 valence electrons. The molecule has 7 nitrogen and oxygen atoms in total. The second-order valence-electron chi connectivity index (χ2n) is 10.0. The number of anilines is 1. The molecule has 0 aromatic heterocycles. The Kier molecular flexibility index (Phi) is 11.0. The van der Waals surface area contributed by atoms with E-state index in [-0.39, 0.29) is 24.9 Å². The predicted octanol–water partition coefficient (Wildman–Crippen LogP) is 5.21. The lowest BCUT2D eigenvalue weighted by atomic mass is 9.96. The van der Waals surface area contributed by atoms with Crippen molar-refractivity contribution in [2.24, 2.45) is 5.73 Å². The average Bonchev–Trinajstić information content (AvgIpc) is 3.48. The van der Waals surface area contributed by atoms with E-state index in [1.54, 1.807) is 25.3 Å². The second kappa shape index (κ2) is 14.6. The number of nitrogens with zero attached hydrogens (tertiary/aromatic N) is 2. The first kappa shape index (κ1) is 30.0. The van der Waals surface area contributed by atoms with Gasteiger partial charge in [0.1, 0.15) is 0 Å². The van der Waals surface area contributed by atoms with E-state index in [1.165, 1.54) is 12.8 Å². The number of hydrogen-bond donors (Lipinski definition) is 2. The molecule has 1 unspecified atom stereocenters. The number of ether oxygens (including phenoxy) is 1. The first-order valence-electron chi connectivity index (χ1n) is 13.5. The number of nitrogens with two attached hydrogens (primary N) is 1. The van der Waals surface area contributed by atoms with Gasteiger partial charge in [0.25, 0.3) is 0 Å². The van der Waals surface area contributed by atoms with Crippen molar-refractivity contribution in [3.8, 4) is 11.1 Å². The number of amides is 1. The van der Waals surface area contributed by atoms with Gasteiger partial charge in [-0.1, -0.05) is 65.7 Å². The van der Waals surface area contributed by atoms with E-state index in [4.69, 9.17) is 33.7 Å². The molecule has 1 fully saturated rings. The average molecular weight is 584 g/mol. The van der Waals surface area contributed by atoms with E-state index in [0.29, 0.717) is 28.8 Å². The molecular formula is C31H36Cl2N4O3. The third kappa shape index (κ3) is 8.05. The zero-order chi connectivity index (χ0) is 28.5. The zero-order valence-corrected chi connectivity index (χ0v) is 24.3. The van der Waals surface area contributed by atoms with Gasteiger partial charge in [0, 0.05) is 37.5 Å². The predicted molar refractivity (Wildman–Crippen MR) is 162 cm³/mol. The van der Waals surface area contributed by atoms with Gasteiger partial charge >= 0.3 is 0 Å².